The van der Waals surface area contributed by atoms with Gasteiger partial charge in [0, 0.05) is 10.8 Å². The van der Waals surface area contributed by atoms with E-state index < -0.39 is 0 Å². The molecular weight excluding hydrogens is 208 g/mol. The Balaban J connectivity index is 3.10. The van der Waals surface area contributed by atoms with Gasteiger partial charge < -0.3 is 0 Å². The van der Waals surface area contributed by atoms with Crippen molar-refractivity contribution < 1.29 is 0 Å². The van der Waals surface area contributed by atoms with Gasteiger partial charge in [-0.25, -0.2) is 0 Å². The molecule has 2 aromatic rings. The summed E-state index contributed by atoms with van der Waals surface area (Å²) < 4.78 is 0. The molecule has 2 nitrogen and oxygen atoms in total. The molecule has 0 amide bonds. The van der Waals surface area contributed by atoms with Crippen LogP contribution in [0.1, 0.15) is 27.8 Å². The highest BCUT2D eigenvalue weighted by molar-refractivity contribution is 5.95. The molecule has 0 aliphatic carbocycles. The van der Waals surface area contributed by atoms with Gasteiger partial charge in [-0.2, -0.15) is 10.5 Å². The van der Waals surface area contributed by atoms with E-state index in [0.29, 0.717) is 11.1 Å². The maximum absolute atomic E-state index is 9.26. The average molecular weight is 220 g/mol. The summed E-state index contributed by atoms with van der Waals surface area (Å²) in [5.41, 5.74) is 4.26. The van der Waals surface area contributed by atoms with Gasteiger partial charge in [-0.3, -0.25) is 0 Å². The van der Waals surface area contributed by atoms with Crippen LogP contribution in [-0.2, 0) is 0 Å². The highest BCUT2D eigenvalue weighted by atomic mass is 14.3. The highest BCUT2D eigenvalue weighted by Gasteiger charge is 2.13. The predicted octanol–water partition coefficient (Wildman–Crippen LogP) is 3.51. The lowest BCUT2D eigenvalue weighted by atomic mass is 9.90. The Morgan fingerprint density at radius 1 is 0.824 bits per heavy atom. The van der Waals surface area contributed by atoms with E-state index in [1.807, 2.05) is 39.0 Å². The van der Waals surface area contributed by atoms with E-state index in [9.17, 15) is 10.5 Å². The lowest BCUT2D eigenvalue weighted by molar-refractivity contribution is 1.30. The molecule has 0 atom stereocenters. The minimum atomic E-state index is 0.677. The molecule has 82 valence electrons. The number of fused-ring (bicyclic) bond motifs is 1. The Morgan fingerprint density at radius 3 is 1.88 bits per heavy atom. The fourth-order valence-corrected chi connectivity index (χ4v) is 2.15. The summed E-state index contributed by atoms with van der Waals surface area (Å²) in [5, 5.41) is 20.3. The standard InChI is InChI=1S/C15H12N2/c1-9-4-5-12-13(6-9)15(8-17)11(3)10(2)14(12)7-16/h4-6H,1-3H3. The van der Waals surface area contributed by atoms with Crippen LogP contribution in [0.15, 0.2) is 18.2 Å². The van der Waals surface area contributed by atoms with Crippen molar-refractivity contribution in [2.24, 2.45) is 0 Å². The van der Waals surface area contributed by atoms with E-state index in [4.69, 9.17) is 0 Å². The van der Waals surface area contributed by atoms with E-state index in [0.717, 1.165) is 27.5 Å². The Hall–Kier alpha value is -2.32. The molecule has 0 spiro atoms. The number of nitrogens with zero attached hydrogens (tertiary/aromatic N) is 2. The van der Waals surface area contributed by atoms with Gasteiger partial charge in [0.25, 0.3) is 0 Å². The summed E-state index contributed by atoms with van der Waals surface area (Å²) in [6, 6.07) is 10.4. The van der Waals surface area contributed by atoms with E-state index in [-0.39, 0.29) is 0 Å². The van der Waals surface area contributed by atoms with Crippen LogP contribution in [-0.4, -0.2) is 0 Å². The van der Waals surface area contributed by atoms with Crippen LogP contribution < -0.4 is 0 Å². The van der Waals surface area contributed by atoms with Gasteiger partial charge in [0.05, 0.1) is 11.1 Å². The second-order valence-corrected chi connectivity index (χ2v) is 4.27. The maximum Gasteiger partial charge on any atom is 0.100 e. The van der Waals surface area contributed by atoms with Gasteiger partial charge in [0.1, 0.15) is 12.1 Å². The topological polar surface area (TPSA) is 47.6 Å². The molecule has 0 saturated carbocycles. The van der Waals surface area contributed by atoms with Gasteiger partial charge in [-0.05, 0) is 31.9 Å². The zero-order valence-corrected chi connectivity index (χ0v) is 10.1. The van der Waals surface area contributed by atoms with Crippen LogP contribution in [0, 0.1) is 43.4 Å². The number of rotatable bonds is 0. The smallest absolute Gasteiger partial charge is 0.100 e. The van der Waals surface area contributed by atoms with Gasteiger partial charge in [-0.15, -0.1) is 0 Å². The van der Waals surface area contributed by atoms with E-state index >= 15 is 0 Å². The molecule has 0 unspecified atom stereocenters. The van der Waals surface area contributed by atoms with Crippen LogP contribution in [0.4, 0.5) is 0 Å². The van der Waals surface area contributed by atoms with E-state index in [1.165, 1.54) is 0 Å². The number of benzene rings is 2. The number of nitriles is 2. The largest absolute Gasteiger partial charge is 0.192 e. The third-order valence-corrected chi connectivity index (χ3v) is 3.25. The molecule has 17 heavy (non-hydrogen) atoms. The summed E-state index contributed by atoms with van der Waals surface area (Å²) in [6.45, 7) is 5.78. The summed E-state index contributed by atoms with van der Waals surface area (Å²) in [6.07, 6.45) is 0. The predicted molar refractivity (Wildman–Crippen MR) is 67.6 cm³/mol. The van der Waals surface area contributed by atoms with Crippen LogP contribution >= 0.6 is 0 Å². The van der Waals surface area contributed by atoms with Crippen LogP contribution in [0.5, 0.6) is 0 Å². The Bertz CT molecular complexity index is 698. The van der Waals surface area contributed by atoms with Gasteiger partial charge in [-0.1, -0.05) is 23.8 Å². The van der Waals surface area contributed by atoms with Crippen molar-refractivity contribution in [1.82, 2.24) is 0 Å². The van der Waals surface area contributed by atoms with Crippen LogP contribution in [0.3, 0.4) is 0 Å². The van der Waals surface area contributed by atoms with Crippen molar-refractivity contribution in [2.75, 3.05) is 0 Å². The molecule has 0 heterocycles. The fourth-order valence-electron chi connectivity index (χ4n) is 2.15. The SMILES string of the molecule is Cc1ccc2c(C#N)c(C)c(C)c(C#N)c2c1. The lowest BCUT2D eigenvalue weighted by Crippen LogP contribution is -1.95. The first kappa shape index (κ1) is 11.2. The number of hydrogen-bond donors (Lipinski definition) is 0. The molecule has 0 aromatic heterocycles. The van der Waals surface area contributed by atoms with Gasteiger partial charge in [0.15, 0.2) is 0 Å². The van der Waals surface area contributed by atoms with E-state index in [1.54, 1.807) is 0 Å². The number of hydrogen-bond acceptors (Lipinski definition) is 2. The van der Waals surface area contributed by atoms with Crippen molar-refractivity contribution in [3.05, 3.63) is 46.0 Å². The highest BCUT2D eigenvalue weighted by Crippen LogP contribution is 2.29. The minimum Gasteiger partial charge on any atom is -0.192 e. The molecule has 2 heteroatoms. The van der Waals surface area contributed by atoms with Crippen molar-refractivity contribution in [2.45, 2.75) is 20.8 Å². The molecule has 0 N–H and O–H groups in total. The first-order chi connectivity index (χ1) is 8.10. The van der Waals surface area contributed by atoms with Crippen LogP contribution in [0.2, 0.25) is 0 Å². The first-order valence-corrected chi connectivity index (χ1v) is 5.44. The van der Waals surface area contributed by atoms with Crippen LogP contribution in [0.25, 0.3) is 10.8 Å². The molecule has 0 fully saturated rings. The van der Waals surface area contributed by atoms with Gasteiger partial charge in [0.2, 0.25) is 0 Å². The Labute approximate surface area is 101 Å². The fraction of sp³-hybridized carbons (Fsp3) is 0.200. The monoisotopic (exact) mass is 220 g/mol. The molecule has 2 aromatic carbocycles. The molecule has 0 radical (unpaired) electrons. The summed E-state index contributed by atoms with van der Waals surface area (Å²) in [7, 11) is 0. The Morgan fingerprint density at radius 2 is 1.35 bits per heavy atom. The average Bonchev–Trinajstić information content (AvgIpc) is 2.32. The van der Waals surface area contributed by atoms with Crippen molar-refractivity contribution in [3.8, 4) is 12.1 Å². The third-order valence-electron chi connectivity index (χ3n) is 3.25. The molecular formula is C15H12N2. The third kappa shape index (κ3) is 1.55. The van der Waals surface area contributed by atoms with Crippen molar-refractivity contribution >= 4 is 10.8 Å². The normalized spacial score (nSPS) is 9.94. The zero-order chi connectivity index (χ0) is 12.6. The molecule has 0 bridgehead atoms. The zero-order valence-electron chi connectivity index (χ0n) is 10.1. The van der Waals surface area contributed by atoms with Crippen molar-refractivity contribution in [1.29, 1.82) is 10.5 Å². The summed E-state index contributed by atoms with van der Waals surface area (Å²) >= 11 is 0. The number of aryl methyl sites for hydroxylation is 1. The Kier molecular flexibility index (Phi) is 2.58. The first-order valence-electron chi connectivity index (χ1n) is 5.44. The van der Waals surface area contributed by atoms with E-state index in [2.05, 4.69) is 12.1 Å². The summed E-state index contributed by atoms with van der Waals surface area (Å²) in [4.78, 5) is 0. The minimum absolute atomic E-state index is 0.677. The van der Waals surface area contributed by atoms with Crippen molar-refractivity contribution in [3.63, 3.8) is 0 Å². The molecule has 2 rings (SSSR count). The maximum atomic E-state index is 9.26. The summed E-state index contributed by atoms with van der Waals surface area (Å²) in [5.74, 6) is 0. The molecule has 0 aliphatic rings. The lowest BCUT2D eigenvalue weighted by Gasteiger charge is -2.11. The van der Waals surface area contributed by atoms with Gasteiger partial charge >= 0.3 is 0 Å². The molecule has 0 saturated heterocycles. The second-order valence-electron chi connectivity index (χ2n) is 4.27. The second kappa shape index (κ2) is 3.92. The molecule has 0 aliphatic heterocycles. The quantitative estimate of drug-likeness (QED) is 0.682.